The Kier molecular flexibility index (Phi) is 2.98. The summed E-state index contributed by atoms with van der Waals surface area (Å²) in [5, 5.41) is 6.75. The summed E-state index contributed by atoms with van der Waals surface area (Å²) in [7, 11) is 1.80. The summed E-state index contributed by atoms with van der Waals surface area (Å²) in [5.41, 5.74) is 0.931. The van der Waals surface area contributed by atoms with E-state index in [4.69, 9.17) is 12.2 Å². The quantitative estimate of drug-likeness (QED) is 0.683. The number of nitrogens with zero attached hydrogens (tertiary/aromatic N) is 3. The van der Waals surface area contributed by atoms with E-state index in [0.717, 1.165) is 0 Å². The van der Waals surface area contributed by atoms with Gasteiger partial charge in [-0.1, -0.05) is 12.1 Å². The Morgan fingerprint density at radius 3 is 2.30 bits per heavy atom. The number of aromatic nitrogens is 3. The first kappa shape index (κ1) is 12.7. The molecular weight excluding hydrogens is 276 g/mol. The number of hydrogen-bond acceptors (Lipinski definition) is 4. The first-order chi connectivity index (χ1) is 9.59. The molecular formula is C13H12N4O2S. The number of rotatable bonds is 3. The SMILES string of the molecule is Cn1c(CCN2C(=O)c3ccccc3C2=O)n[nH]c1=S. The van der Waals surface area contributed by atoms with E-state index in [1.165, 1.54) is 4.90 Å². The van der Waals surface area contributed by atoms with Gasteiger partial charge in [0.2, 0.25) is 0 Å². The summed E-state index contributed by atoms with van der Waals surface area (Å²) in [4.78, 5) is 25.6. The lowest BCUT2D eigenvalue weighted by molar-refractivity contribution is 0.0655. The van der Waals surface area contributed by atoms with Gasteiger partial charge in [-0.25, -0.2) is 0 Å². The third-order valence-electron chi connectivity index (χ3n) is 3.41. The number of imide groups is 1. The molecule has 0 aliphatic carbocycles. The van der Waals surface area contributed by atoms with Crippen LogP contribution in [0, 0.1) is 4.77 Å². The summed E-state index contributed by atoms with van der Waals surface area (Å²) in [6.45, 7) is 0.291. The average Bonchev–Trinajstić information content (AvgIpc) is 2.90. The monoisotopic (exact) mass is 288 g/mol. The Bertz CT molecular complexity index is 727. The fourth-order valence-corrected chi connectivity index (χ4v) is 2.41. The summed E-state index contributed by atoms with van der Waals surface area (Å²) in [5.74, 6) is 0.219. The number of H-pyrrole nitrogens is 1. The minimum absolute atomic E-state index is 0.248. The smallest absolute Gasteiger partial charge is 0.261 e. The average molecular weight is 288 g/mol. The molecule has 3 rings (SSSR count). The van der Waals surface area contributed by atoms with E-state index in [9.17, 15) is 9.59 Å². The van der Waals surface area contributed by atoms with Crippen molar-refractivity contribution >= 4 is 24.0 Å². The number of nitrogens with one attached hydrogen (secondary N) is 1. The van der Waals surface area contributed by atoms with E-state index in [0.29, 0.717) is 34.7 Å². The Hall–Kier alpha value is -2.28. The maximum Gasteiger partial charge on any atom is 0.261 e. The van der Waals surface area contributed by atoms with Crippen LogP contribution in [-0.2, 0) is 13.5 Å². The lowest BCUT2D eigenvalue weighted by atomic mass is 10.1. The maximum absolute atomic E-state index is 12.2. The molecule has 0 spiro atoms. The molecule has 1 aromatic heterocycles. The molecule has 0 saturated heterocycles. The van der Waals surface area contributed by atoms with Crippen LogP contribution in [0.1, 0.15) is 26.5 Å². The van der Waals surface area contributed by atoms with Crippen molar-refractivity contribution in [3.63, 3.8) is 0 Å². The molecule has 0 saturated carbocycles. The van der Waals surface area contributed by atoms with Crippen LogP contribution in [0.15, 0.2) is 24.3 Å². The lowest BCUT2D eigenvalue weighted by Crippen LogP contribution is -2.32. The number of fused-ring (bicyclic) bond motifs is 1. The van der Waals surface area contributed by atoms with Crippen molar-refractivity contribution in [2.45, 2.75) is 6.42 Å². The number of amides is 2. The minimum atomic E-state index is -0.248. The molecule has 7 heteroatoms. The zero-order valence-corrected chi connectivity index (χ0v) is 11.6. The van der Waals surface area contributed by atoms with Crippen molar-refractivity contribution in [1.29, 1.82) is 0 Å². The van der Waals surface area contributed by atoms with Crippen LogP contribution >= 0.6 is 12.2 Å². The van der Waals surface area contributed by atoms with E-state index in [-0.39, 0.29) is 11.8 Å². The summed E-state index contributed by atoms with van der Waals surface area (Å²) in [6, 6.07) is 6.85. The topological polar surface area (TPSA) is 71.0 Å². The Balaban J connectivity index is 1.80. The second kappa shape index (κ2) is 4.68. The van der Waals surface area contributed by atoms with E-state index < -0.39 is 0 Å². The van der Waals surface area contributed by atoms with Gasteiger partial charge < -0.3 is 4.57 Å². The molecule has 102 valence electrons. The largest absolute Gasteiger partial charge is 0.307 e. The van der Waals surface area contributed by atoms with Crippen LogP contribution in [0.3, 0.4) is 0 Å². The standard InChI is InChI=1S/C13H12N4O2S/c1-16-10(14-15-13(16)20)6-7-17-11(18)8-4-2-3-5-9(8)12(17)19/h2-5H,6-7H2,1H3,(H,15,20). The molecule has 2 amide bonds. The number of carbonyl (C=O) groups excluding carboxylic acids is 2. The maximum atomic E-state index is 12.2. The van der Waals surface area contributed by atoms with Crippen molar-refractivity contribution in [2.24, 2.45) is 7.05 Å². The predicted octanol–water partition coefficient (Wildman–Crippen LogP) is 1.32. The minimum Gasteiger partial charge on any atom is -0.307 e. The molecule has 0 bridgehead atoms. The van der Waals surface area contributed by atoms with Crippen molar-refractivity contribution in [1.82, 2.24) is 19.7 Å². The van der Waals surface area contributed by atoms with E-state index in [2.05, 4.69) is 10.2 Å². The van der Waals surface area contributed by atoms with Gasteiger partial charge in [0.25, 0.3) is 11.8 Å². The van der Waals surface area contributed by atoms with Crippen LogP contribution in [0.5, 0.6) is 0 Å². The highest BCUT2D eigenvalue weighted by molar-refractivity contribution is 7.71. The zero-order chi connectivity index (χ0) is 14.3. The fourth-order valence-electron chi connectivity index (χ4n) is 2.26. The van der Waals surface area contributed by atoms with Crippen LogP contribution < -0.4 is 0 Å². The van der Waals surface area contributed by atoms with Crippen LogP contribution in [-0.4, -0.2) is 38.0 Å². The van der Waals surface area contributed by atoms with Crippen LogP contribution in [0.2, 0.25) is 0 Å². The van der Waals surface area contributed by atoms with Gasteiger partial charge in [-0.15, -0.1) is 0 Å². The molecule has 1 aromatic carbocycles. The van der Waals surface area contributed by atoms with Crippen LogP contribution in [0.25, 0.3) is 0 Å². The summed E-state index contributed by atoms with van der Waals surface area (Å²) in [6.07, 6.45) is 0.467. The molecule has 20 heavy (non-hydrogen) atoms. The molecule has 1 aliphatic heterocycles. The van der Waals surface area contributed by atoms with Crippen molar-refractivity contribution in [2.75, 3.05) is 6.54 Å². The number of benzene rings is 1. The second-order valence-corrected chi connectivity index (χ2v) is 4.95. The Labute approximate surface area is 120 Å². The third kappa shape index (κ3) is 1.87. The van der Waals surface area contributed by atoms with Gasteiger partial charge in [-0.2, -0.15) is 5.10 Å². The van der Waals surface area contributed by atoms with Gasteiger partial charge in [0.05, 0.1) is 11.1 Å². The van der Waals surface area contributed by atoms with Gasteiger partial charge in [0, 0.05) is 20.0 Å². The van der Waals surface area contributed by atoms with Gasteiger partial charge in [0.15, 0.2) is 4.77 Å². The molecule has 6 nitrogen and oxygen atoms in total. The number of carbonyl (C=O) groups is 2. The van der Waals surface area contributed by atoms with E-state index in [1.54, 1.807) is 35.9 Å². The predicted molar refractivity (Wildman–Crippen MR) is 73.9 cm³/mol. The van der Waals surface area contributed by atoms with Gasteiger partial charge in [0.1, 0.15) is 5.82 Å². The molecule has 0 atom stereocenters. The first-order valence-corrected chi connectivity index (χ1v) is 6.56. The highest BCUT2D eigenvalue weighted by Crippen LogP contribution is 2.22. The normalized spacial score (nSPS) is 13.9. The fraction of sp³-hybridized carbons (Fsp3) is 0.231. The number of aromatic amines is 1. The van der Waals surface area contributed by atoms with Gasteiger partial charge >= 0.3 is 0 Å². The molecule has 2 aromatic rings. The number of hydrogen-bond donors (Lipinski definition) is 1. The van der Waals surface area contributed by atoms with Crippen molar-refractivity contribution in [3.05, 3.63) is 46.0 Å². The molecule has 1 aliphatic rings. The second-order valence-electron chi connectivity index (χ2n) is 4.56. The lowest BCUT2D eigenvalue weighted by Gasteiger charge is -2.12. The van der Waals surface area contributed by atoms with Crippen molar-refractivity contribution in [3.8, 4) is 0 Å². The first-order valence-electron chi connectivity index (χ1n) is 6.15. The third-order valence-corrected chi connectivity index (χ3v) is 3.77. The summed E-state index contributed by atoms with van der Waals surface area (Å²) < 4.78 is 2.25. The highest BCUT2D eigenvalue weighted by atomic mass is 32.1. The van der Waals surface area contributed by atoms with Crippen molar-refractivity contribution < 1.29 is 9.59 Å². The molecule has 0 radical (unpaired) electrons. The molecule has 0 unspecified atom stereocenters. The summed E-state index contributed by atoms with van der Waals surface area (Å²) >= 11 is 5.02. The highest BCUT2D eigenvalue weighted by Gasteiger charge is 2.34. The zero-order valence-electron chi connectivity index (χ0n) is 10.8. The Morgan fingerprint density at radius 2 is 1.80 bits per heavy atom. The van der Waals surface area contributed by atoms with Gasteiger partial charge in [-0.05, 0) is 24.4 Å². The molecule has 2 heterocycles. The van der Waals surface area contributed by atoms with Crippen LogP contribution in [0.4, 0.5) is 0 Å². The molecule has 0 fully saturated rings. The van der Waals surface area contributed by atoms with E-state index >= 15 is 0 Å². The molecule has 1 N–H and O–H groups in total. The van der Waals surface area contributed by atoms with Gasteiger partial charge in [-0.3, -0.25) is 19.6 Å². The Morgan fingerprint density at radius 1 is 1.20 bits per heavy atom. The van der Waals surface area contributed by atoms with E-state index in [1.807, 2.05) is 0 Å².